The molecule has 0 aliphatic heterocycles. The van der Waals surface area contributed by atoms with Gasteiger partial charge in [0.05, 0.1) is 6.54 Å². The molecular formula is C17H34N4O. The normalized spacial score (nSPS) is 17.2. The monoisotopic (exact) mass is 310 g/mol. The van der Waals surface area contributed by atoms with Crippen molar-refractivity contribution in [2.75, 3.05) is 20.1 Å². The number of hydrogen-bond donors (Lipinski definition) is 3. The molecule has 1 aliphatic rings. The van der Waals surface area contributed by atoms with Gasteiger partial charge in [-0.2, -0.15) is 0 Å². The molecule has 0 bridgehead atoms. The molecule has 22 heavy (non-hydrogen) atoms. The maximum Gasteiger partial charge on any atom is 0.239 e. The van der Waals surface area contributed by atoms with E-state index in [2.05, 4.69) is 20.9 Å². The molecule has 5 nitrogen and oxygen atoms in total. The minimum absolute atomic E-state index is 0.0161. The Morgan fingerprint density at radius 3 is 2.41 bits per heavy atom. The Morgan fingerprint density at radius 1 is 1.14 bits per heavy atom. The zero-order valence-corrected chi connectivity index (χ0v) is 14.8. The number of carbonyl (C=O) groups is 1. The van der Waals surface area contributed by atoms with Gasteiger partial charge in [0.2, 0.25) is 5.91 Å². The molecule has 1 amide bonds. The summed E-state index contributed by atoms with van der Waals surface area (Å²) in [6, 6.07) is 0. The van der Waals surface area contributed by atoms with Crippen molar-refractivity contribution in [3.63, 3.8) is 0 Å². The highest BCUT2D eigenvalue weighted by molar-refractivity contribution is 5.86. The Kier molecular flexibility index (Phi) is 8.28. The molecule has 0 aromatic heterocycles. The summed E-state index contributed by atoms with van der Waals surface area (Å²) in [6.07, 6.45) is 9.50. The predicted molar refractivity (Wildman–Crippen MR) is 93.1 cm³/mol. The molecule has 1 rings (SSSR count). The van der Waals surface area contributed by atoms with Gasteiger partial charge in [0.25, 0.3) is 0 Å². The molecule has 0 atom stereocenters. The highest BCUT2D eigenvalue weighted by Gasteiger charge is 2.14. The van der Waals surface area contributed by atoms with Crippen LogP contribution >= 0.6 is 0 Å². The van der Waals surface area contributed by atoms with Crippen molar-refractivity contribution in [2.45, 2.75) is 71.3 Å². The van der Waals surface area contributed by atoms with Crippen molar-refractivity contribution in [3.05, 3.63) is 0 Å². The van der Waals surface area contributed by atoms with Crippen LogP contribution in [0.25, 0.3) is 0 Å². The minimum Gasteiger partial charge on any atom is -0.356 e. The molecule has 0 heterocycles. The number of hydrogen-bond acceptors (Lipinski definition) is 2. The summed E-state index contributed by atoms with van der Waals surface area (Å²) in [5.74, 6) is 1.61. The van der Waals surface area contributed by atoms with E-state index in [4.69, 9.17) is 0 Å². The van der Waals surface area contributed by atoms with E-state index in [1.165, 1.54) is 44.9 Å². The van der Waals surface area contributed by atoms with Crippen LogP contribution in [0.15, 0.2) is 4.99 Å². The van der Waals surface area contributed by atoms with Crippen LogP contribution < -0.4 is 16.0 Å². The number of nitrogens with zero attached hydrogens (tertiary/aromatic N) is 1. The van der Waals surface area contributed by atoms with Gasteiger partial charge in [-0.15, -0.1) is 0 Å². The lowest BCUT2D eigenvalue weighted by atomic mass is 9.86. The van der Waals surface area contributed by atoms with Gasteiger partial charge in [-0.05, 0) is 39.5 Å². The first-order valence-corrected chi connectivity index (χ1v) is 8.66. The summed E-state index contributed by atoms with van der Waals surface area (Å²) in [4.78, 5) is 15.9. The van der Waals surface area contributed by atoms with E-state index in [-0.39, 0.29) is 18.0 Å². The van der Waals surface area contributed by atoms with E-state index in [9.17, 15) is 4.79 Å². The third-order valence-electron chi connectivity index (χ3n) is 3.96. The maximum atomic E-state index is 11.8. The zero-order valence-electron chi connectivity index (χ0n) is 14.8. The van der Waals surface area contributed by atoms with Gasteiger partial charge < -0.3 is 16.0 Å². The Hall–Kier alpha value is -1.26. The average Bonchev–Trinajstić information content (AvgIpc) is 2.46. The number of amides is 1. The second-order valence-corrected chi connectivity index (χ2v) is 7.30. The molecule has 0 unspecified atom stereocenters. The Balaban J connectivity index is 2.13. The Labute approximate surface area is 135 Å². The molecule has 0 aromatic carbocycles. The molecule has 3 N–H and O–H groups in total. The second-order valence-electron chi connectivity index (χ2n) is 7.30. The fraction of sp³-hybridized carbons (Fsp3) is 0.882. The molecule has 128 valence electrons. The van der Waals surface area contributed by atoms with E-state index in [1.807, 2.05) is 20.8 Å². The van der Waals surface area contributed by atoms with Crippen molar-refractivity contribution < 1.29 is 4.79 Å². The van der Waals surface area contributed by atoms with E-state index in [0.29, 0.717) is 5.96 Å². The van der Waals surface area contributed by atoms with E-state index in [0.717, 1.165) is 12.5 Å². The maximum absolute atomic E-state index is 11.8. The third kappa shape index (κ3) is 8.90. The predicted octanol–water partition coefficient (Wildman–Crippen LogP) is 2.43. The number of aliphatic imine (C=N–C) groups is 1. The highest BCUT2D eigenvalue weighted by Crippen LogP contribution is 2.26. The zero-order chi connectivity index (χ0) is 16.4. The molecule has 0 radical (unpaired) electrons. The Bertz CT molecular complexity index is 354. The second kappa shape index (κ2) is 9.70. The van der Waals surface area contributed by atoms with Crippen molar-refractivity contribution in [1.29, 1.82) is 0 Å². The van der Waals surface area contributed by atoms with Crippen molar-refractivity contribution in [3.8, 4) is 0 Å². The molecular weight excluding hydrogens is 276 g/mol. The molecule has 5 heteroatoms. The van der Waals surface area contributed by atoms with Crippen LogP contribution in [0.1, 0.15) is 65.7 Å². The number of rotatable bonds is 6. The molecule has 0 aromatic rings. The van der Waals surface area contributed by atoms with E-state index in [1.54, 1.807) is 7.05 Å². The Morgan fingerprint density at radius 2 is 1.82 bits per heavy atom. The number of carbonyl (C=O) groups excluding carboxylic acids is 1. The van der Waals surface area contributed by atoms with E-state index < -0.39 is 0 Å². The summed E-state index contributed by atoms with van der Waals surface area (Å²) in [5.41, 5.74) is -0.199. The molecule has 0 saturated heterocycles. The summed E-state index contributed by atoms with van der Waals surface area (Å²) in [6.45, 7) is 7.09. The first-order chi connectivity index (χ1) is 10.4. The smallest absolute Gasteiger partial charge is 0.239 e. The van der Waals surface area contributed by atoms with Crippen molar-refractivity contribution in [1.82, 2.24) is 16.0 Å². The minimum atomic E-state index is -0.199. The van der Waals surface area contributed by atoms with Crippen LogP contribution in [0.4, 0.5) is 0 Å². The summed E-state index contributed by atoms with van der Waals surface area (Å²) < 4.78 is 0. The molecule has 0 spiro atoms. The van der Waals surface area contributed by atoms with Gasteiger partial charge in [-0.1, -0.05) is 32.1 Å². The van der Waals surface area contributed by atoms with Crippen molar-refractivity contribution in [2.24, 2.45) is 10.9 Å². The largest absolute Gasteiger partial charge is 0.356 e. The lowest BCUT2D eigenvalue weighted by Gasteiger charge is -2.22. The summed E-state index contributed by atoms with van der Waals surface area (Å²) in [5, 5.41) is 9.27. The summed E-state index contributed by atoms with van der Waals surface area (Å²) in [7, 11) is 1.73. The average molecular weight is 310 g/mol. The molecule has 1 aliphatic carbocycles. The first-order valence-electron chi connectivity index (χ1n) is 8.66. The van der Waals surface area contributed by atoms with Gasteiger partial charge in [0.15, 0.2) is 5.96 Å². The highest BCUT2D eigenvalue weighted by atomic mass is 16.2. The van der Waals surface area contributed by atoms with Gasteiger partial charge in [-0.3, -0.25) is 9.79 Å². The summed E-state index contributed by atoms with van der Waals surface area (Å²) >= 11 is 0. The van der Waals surface area contributed by atoms with Crippen LogP contribution in [0.5, 0.6) is 0 Å². The van der Waals surface area contributed by atoms with Gasteiger partial charge >= 0.3 is 0 Å². The van der Waals surface area contributed by atoms with Crippen LogP contribution in [0.2, 0.25) is 0 Å². The SMILES string of the molecule is CN=C(NCCCC1CCCCC1)NCC(=O)NC(C)(C)C. The number of nitrogens with one attached hydrogen (secondary N) is 3. The topological polar surface area (TPSA) is 65.5 Å². The fourth-order valence-electron chi connectivity index (χ4n) is 2.92. The van der Waals surface area contributed by atoms with Gasteiger partial charge in [0.1, 0.15) is 0 Å². The van der Waals surface area contributed by atoms with Gasteiger partial charge in [0, 0.05) is 19.1 Å². The fourth-order valence-corrected chi connectivity index (χ4v) is 2.92. The third-order valence-corrected chi connectivity index (χ3v) is 3.96. The van der Waals surface area contributed by atoms with Crippen molar-refractivity contribution >= 4 is 11.9 Å². The standard InChI is InChI=1S/C17H34N4O/c1-17(2,3)21-15(22)13-20-16(18-4)19-12-8-11-14-9-6-5-7-10-14/h14H,5-13H2,1-4H3,(H,21,22)(H2,18,19,20). The van der Waals surface area contributed by atoms with Gasteiger partial charge in [-0.25, -0.2) is 0 Å². The number of guanidine groups is 1. The quantitative estimate of drug-likeness (QED) is 0.401. The van der Waals surface area contributed by atoms with Crippen LogP contribution in [0, 0.1) is 5.92 Å². The van der Waals surface area contributed by atoms with E-state index >= 15 is 0 Å². The first kappa shape index (κ1) is 18.8. The molecule has 1 saturated carbocycles. The molecule has 1 fully saturated rings. The van der Waals surface area contributed by atoms with Crippen LogP contribution in [0.3, 0.4) is 0 Å². The van der Waals surface area contributed by atoms with Crippen LogP contribution in [-0.2, 0) is 4.79 Å². The lowest BCUT2D eigenvalue weighted by molar-refractivity contribution is -0.121. The lowest BCUT2D eigenvalue weighted by Crippen LogP contribution is -2.48. The van der Waals surface area contributed by atoms with Crippen LogP contribution in [-0.4, -0.2) is 37.5 Å².